The van der Waals surface area contributed by atoms with Crippen molar-refractivity contribution in [1.29, 1.82) is 0 Å². The van der Waals surface area contributed by atoms with Crippen molar-refractivity contribution in [2.45, 2.75) is 13.0 Å². The normalized spacial score (nSPS) is 21.1. The van der Waals surface area contributed by atoms with Gasteiger partial charge < -0.3 is 19.5 Å². The fourth-order valence-corrected chi connectivity index (χ4v) is 1.75. The first-order chi connectivity index (χ1) is 9.51. The van der Waals surface area contributed by atoms with Crippen molar-refractivity contribution in [2.24, 2.45) is 11.1 Å². The lowest BCUT2D eigenvalue weighted by molar-refractivity contribution is -0.806. The Balaban J connectivity index is 2.40. The molecular formula is C10H11N3O7. The van der Waals surface area contributed by atoms with Gasteiger partial charge in [-0.25, -0.2) is 4.79 Å². The van der Waals surface area contributed by atoms with Gasteiger partial charge in [-0.05, 0) is 4.90 Å². The summed E-state index contributed by atoms with van der Waals surface area (Å²) in [6, 6.07) is 0. The van der Waals surface area contributed by atoms with Gasteiger partial charge in [-0.15, -0.1) is 0 Å². The second-order valence-corrected chi connectivity index (χ2v) is 3.89. The minimum atomic E-state index is -1.29. The van der Waals surface area contributed by atoms with Gasteiger partial charge in [0.1, 0.15) is 0 Å². The quantitative estimate of drug-likeness (QED) is 0.494. The summed E-state index contributed by atoms with van der Waals surface area (Å²) >= 11 is 0. The van der Waals surface area contributed by atoms with Gasteiger partial charge in [0, 0.05) is 12.1 Å². The number of carbonyl (C=O) groups is 2. The Morgan fingerprint density at radius 2 is 1.95 bits per heavy atom. The minimum Gasteiger partial charge on any atom is -0.468 e. The molecule has 0 spiro atoms. The second kappa shape index (κ2) is 5.15. The SMILES string of the molecule is COC(=O)C1ON=C(c2no[n+]([O-])c2C)C1C(=O)OC. The lowest BCUT2D eigenvalue weighted by atomic mass is 9.94. The van der Waals surface area contributed by atoms with Crippen molar-refractivity contribution < 1.29 is 33.4 Å². The van der Waals surface area contributed by atoms with E-state index in [1.54, 1.807) is 0 Å². The molecule has 0 saturated heterocycles. The van der Waals surface area contributed by atoms with Crippen LogP contribution in [0, 0.1) is 18.0 Å². The molecule has 1 aliphatic heterocycles. The van der Waals surface area contributed by atoms with Crippen molar-refractivity contribution in [3.63, 3.8) is 0 Å². The van der Waals surface area contributed by atoms with Gasteiger partial charge in [0.2, 0.25) is 11.8 Å². The molecule has 2 rings (SSSR count). The summed E-state index contributed by atoms with van der Waals surface area (Å²) in [7, 11) is 2.29. The van der Waals surface area contributed by atoms with Crippen LogP contribution in [-0.4, -0.2) is 43.1 Å². The molecule has 20 heavy (non-hydrogen) atoms. The standard InChI is InChI=1S/C10H11N3O7/c1-4-6(12-20-13(4)16)7-5(9(14)17-2)8(19-11-7)10(15)18-3/h5,8H,1-3H3. The monoisotopic (exact) mass is 285 g/mol. The maximum atomic E-state index is 11.8. The van der Waals surface area contributed by atoms with Crippen LogP contribution in [0.5, 0.6) is 0 Å². The van der Waals surface area contributed by atoms with Crippen LogP contribution in [0.1, 0.15) is 11.4 Å². The number of esters is 2. The highest BCUT2D eigenvalue weighted by Crippen LogP contribution is 2.25. The number of nitrogens with zero attached hydrogens (tertiary/aromatic N) is 3. The lowest BCUT2D eigenvalue weighted by Crippen LogP contribution is -2.39. The molecule has 1 aromatic rings. The summed E-state index contributed by atoms with van der Waals surface area (Å²) in [6.45, 7) is 1.42. The first-order valence-electron chi connectivity index (χ1n) is 5.47. The van der Waals surface area contributed by atoms with Crippen LogP contribution in [0.3, 0.4) is 0 Å². The summed E-state index contributed by atoms with van der Waals surface area (Å²) in [5.74, 6) is -2.75. The largest absolute Gasteiger partial charge is 0.468 e. The number of hydrogen-bond donors (Lipinski definition) is 0. The average Bonchev–Trinajstić information content (AvgIpc) is 3.02. The van der Waals surface area contributed by atoms with Crippen LogP contribution in [0.15, 0.2) is 9.78 Å². The number of oxime groups is 1. The Kier molecular flexibility index (Phi) is 3.55. The predicted octanol–water partition coefficient (Wildman–Crippen LogP) is -1.32. The van der Waals surface area contributed by atoms with Crippen molar-refractivity contribution in [3.8, 4) is 0 Å². The molecule has 0 radical (unpaired) electrons. The topological polar surface area (TPSA) is 127 Å². The van der Waals surface area contributed by atoms with E-state index < -0.39 is 24.0 Å². The van der Waals surface area contributed by atoms with Crippen molar-refractivity contribution in [3.05, 3.63) is 16.6 Å². The molecule has 108 valence electrons. The highest BCUT2D eigenvalue weighted by molar-refractivity contribution is 6.14. The van der Waals surface area contributed by atoms with Gasteiger partial charge in [-0.1, -0.05) is 5.16 Å². The van der Waals surface area contributed by atoms with E-state index in [0.29, 0.717) is 0 Å². The Bertz CT molecular complexity index is 579. The molecule has 0 aromatic carbocycles. The van der Waals surface area contributed by atoms with Crippen LogP contribution in [0.4, 0.5) is 0 Å². The number of ether oxygens (including phenoxy) is 2. The maximum absolute atomic E-state index is 11.8. The molecule has 1 aliphatic rings. The fraction of sp³-hybridized carbons (Fsp3) is 0.500. The molecule has 0 bridgehead atoms. The van der Waals surface area contributed by atoms with Gasteiger partial charge >= 0.3 is 11.9 Å². The van der Waals surface area contributed by atoms with E-state index in [2.05, 4.69) is 24.4 Å². The van der Waals surface area contributed by atoms with E-state index in [0.717, 1.165) is 14.2 Å². The number of hydrogen-bond acceptors (Lipinski definition) is 9. The Hall–Kier alpha value is -2.65. The average molecular weight is 285 g/mol. The lowest BCUT2D eigenvalue weighted by Gasteiger charge is -2.13. The third-order valence-corrected chi connectivity index (χ3v) is 2.82. The smallest absolute Gasteiger partial charge is 0.351 e. The molecule has 0 amide bonds. The molecule has 2 heterocycles. The summed E-state index contributed by atoms with van der Waals surface area (Å²) in [6.07, 6.45) is -1.29. The molecule has 0 fully saturated rings. The van der Waals surface area contributed by atoms with Crippen LogP contribution >= 0.6 is 0 Å². The molecule has 10 heteroatoms. The summed E-state index contributed by atoms with van der Waals surface area (Å²) in [5, 5.41) is 18.3. The molecule has 2 atom stereocenters. The molecular weight excluding hydrogens is 274 g/mol. The van der Waals surface area contributed by atoms with E-state index in [1.165, 1.54) is 6.92 Å². The minimum absolute atomic E-state index is 0.0156. The highest BCUT2D eigenvalue weighted by atomic mass is 16.8. The summed E-state index contributed by atoms with van der Waals surface area (Å²) in [4.78, 5) is 28.4. The number of aromatic nitrogens is 2. The van der Waals surface area contributed by atoms with Crippen molar-refractivity contribution in [2.75, 3.05) is 14.2 Å². The molecule has 0 aliphatic carbocycles. The van der Waals surface area contributed by atoms with Crippen LogP contribution in [0.2, 0.25) is 0 Å². The van der Waals surface area contributed by atoms with Crippen LogP contribution in [-0.2, 0) is 23.9 Å². The van der Waals surface area contributed by atoms with Gasteiger partial charge in [0.05, 0.1) is 14.2 Å². The first-order valence-corrected chi connectivity index (χ1v) is 5.47. The van der Waals surface area contributed by atoms with Gasteiger partial charge in [0.25, 0.3) is 5.69 Å². The first kappa shape index (κ1) is 13.8. The van der Waals surface area contributed by atoms with Crippen molar-refractivity contribution >= 4 is 17.7 Å². The fourth-order valence-electron chi connectivity index (χ4n) is 1.75. The second-order valence-electron chi connectivity index (χ2n) is 3.89. The Labute approximate surface area is 112 Å². The summed E-state index contributed by atoms with van der Waals surface area (Å²) in [5.41, 5.74) is 0.0664. The highest BCUT2D eigenvalue weighted by Gasteiger charge is 2.49. The van der Waals surface area contributed by atoms with Gasteiger partial charge in [-0.3, -0.25) is 9.42 Å². The number of methoxy groups -OCH3 is 2. The zero-order chi connectivity index (χ0) is 14.9. The zero-order valence-electron chi connectivity index (χ0n) is 10.9. The third-order valence-electron chi connectivity index (χ3n) is 2.82. The third kappa shape index (κ3) is 2.04. The van der Waals surface area contributed by atoms with E-state index in [9.17, 15) is 14.8 Å². The molecule has 10 nitrogen and oxygen atoms in total. The van der Waals surface area contributed by atoms with Gasteiger partial charge in [-0.2, -0.15) is 0 Å². The van der Waals surface area contributed by atoms with E-state index >= 15 is 0 Å². The maximum Gasteiger partial charge on any atom is 0.351 e. The zero-order valence-corrected chi connectivity index (χ0v) is 10.9. The predicted molar refractivity (Wildman–Crippen MR) is 59.1 cm³/mol. The Morgan fingerprint density at radius 1 is 1.30 bits per heavy atom. The van der Waals surface area contributed by atoms with Crippen molar-refractivity contribution in [1.82, 2.24) is 5.16 Å². The van der Waals surface area contributed by atoms with Crippen LogP contribution < -0.4 is 4.90 Å². The molecule has 1 aromatic heterocycles. The Morgan fingerprint density at radius 3 is 2.45 bits per heavy atom. The number of carbonyl (C=O) groups excluding carboxylic acids is 2. The molecule has 0 saturated carbocycles. The van der Waals surface area contributed by atoms with Gasteiger partial charge in [0.15, 0.2) is 11.6 Å². The molecule has 0 N–H and O–H groups in total. The van der Waals surface area contributed by atoms with E-state index in [-0.39, 0.29) is 22.0 Å². The molecule has 2 unspecified atom stereocenters. The summed E-state index contributed by atoms with van der Waals surface area (Å²) < 4.78 is 13.5. The van der Waals surface area contributed by atoms with Crippen LogP contribution in [0.25, 0.3) is 0 Å². The van der Waals surface area contributed by atoms with E-state index in [1.807, 2.05) is 0 Å². The van der Waals surface area contributed by atoms with E-state index in [4.69, 9.17) is 4.84 Å². The number of rotatable bonds is 3.